The Hall–Kier alpha value is -0.580. The van der Waals surface area contributed by atoms with Gasteiger partial charge in [-0.05, 0) is 37.1 Å². The lowest BCUT2D eigenvalue weighted by Gasteiger charge is -2.37. The molecule has 0 atom stereocenters. The molecule has 2 saturated carbocycles. The van der Waals surface area contributed by atoms with Crippen LogP contribution >= 0.6 is 23.7 Å². The average Bonchev–Trinajstić information content (AvgIpc) is 3.18. The van der Waals surface area contributed by atoms with E-state index in [0.29, 0.717) is 0 Å². The summed E-state index contributed by atoms with van der Waals surface area (Å²) in [5.41, 5.74) is 5.81. The number of hydrogen-bond donors (Lipinski definition) is 2. The van der Waals surface area contributed by atoms with Crippen molar-refractivity contribution in [1.29, 1.82) is 0 Å². The zero-order valence-corrected chi connectivity index (χ0v) is 14.7. The summed E-state index contributed by atoms with van der Waals surface area (Å²) in [6, 6.07) is 4.36. The van der Waals surface area contributed by atoms with Gasteiger partial charge in [0.05, 0.1) is 5.54 Å². The molecule has 124 valence electrons. The highest BCUT2D eigenvalue weighted by Crippen LogP contribution is 2.41. The summed E-state index contributed by atoms with van der Waals surface area (Å²) >= 11 is 1.83. The highest BCUT2D eigenvalue weighted by atomic mass is 35.5. The number of thiophene rings is 1. The first-order chi connectivity index (χ1) is 10.1. The molecule has 1 heterocycles. The van der Waals surface area contributed by atoms with Crippen molar-refractivity contribution in [3.63, 3.8) is 0 Å². The summed E-state index contributed by atoms with van der Waals surface area (Å²) in [5.74, 6) is 0.0708. The topological polar surface area (TPSA) is 55.1 Å². The first kappa shape index (κ1) is 17.8. The van der Waals surface area contributed by atoms with Gasteiger partial charge in [0.1, 0.15) is 0 Å². The summed E-state index contributed by atoms with van der Waals surface area (Å²) in [7, 11) is 0. The van der Waals surface area contributed by atoms with Crippen LogP contribution in [0.4, 0.5) is 0 Å². The fourth-order valence-electron chi connectivity index (χ4n) is 3.98. The van der Waals surface area contributed by atoms with E-state index in [1.165, 1.54) is 37.0 Å². The maximum atomic E-state index is 12.5. The minimum Gasteiger partial charge on any atom is -0.354 e. The van der Waals surface area contributed by atoms with Gasteiger partial charge in [0, 0.05) is 16.8 Å². The summed E-state index contributed by atoms with van der Waals surface area (Å²) in [6.07, 6.45) is 10.1. The van der Waals surface area contributed by atoms with E-state index in [9.17, 15) is 4.79 Å². The van der Waals surface area contributed by atoms with Gasteiger partial charge in [0.2, 0.25) is 5.91 Å². The third-order valence-electron chi connectivity index (χ3n) is 5.39. The van der Waals surface area contributed by atoms with Crippen molar-refractivity contribution in [2.24, 2.45) is 5.73 Å². The number of carbonyl (C=O) groups excluding carboxylic acids is 1. The molecule has 1 amide bonds. The Morgan fingerprint density at radius 2 is 1.77 bits per heavy atom. The number of amides is 1. The maximum absolute atomic E-state index is 12.5. The molecule has 0 spiro atoms. The number of rotatable bonds is 4. The molecule has 0 unspecified atom stereocenters. The maximum Gasteiger partial charge on any atom is 0.240 e. The molecule has 22 heavy (non-hydrogen) atoms. The predicted octanol–water partition coefficient (Wildman–Crippen LogP) is 3.76. The van der Waals surface area contributed by atoms with E-state index in [1.807, 2.05) is 11.3 Å². The first-order valence-corrected chi connectivity index (χ1v) is 9.14. The van der Waals surface area contributed by atoms with E-state index in [2.05, 4.69) is 22.8 Å². The Morgan fingerprint density at radius 1 is 1.14 bits per heavy atom. The Balaban J connectivity index is 0.00000176. The van der Waals surface area contributed by atoms with Gasteiger partial charge in [-0.15, -0.1) is 23.7 Å². The molecule has 0 saturated heterocycles. The standard InChI is InChI=1S/C17H26N2OS.ClH/c18-17(10-4-5-11-17)15(20)19-13-16(8-2-1-3-9-16)14-7-6-12-21-14;/h6-7,12H,1-5,8-11,13,18H2,(H,19,20);1H. The van der Waals surface area contributed by atoms with Crippen molar-refractivity contribution < 1.29 is 4.79 Å². The molecule has 2 fully saturated rings. The van der Waals surface area contributed by atoms with Crippen LogP contribution in [-0.4, -0.2) is 18.0 Å². The van der Waals surface area contributed by atoms with Crippen molar-refractivity contribution in [3.05, 3.63) is 22.4 Å². The van der Waals surface area contributed by atoms with Crippen LogP contribution in [0.3, 0.4) is 0 Å². The van der Waals surface area contributed by atoms with Crippen molar-refractivity contribution in [2.45, 2.75) is 68.7 Å². The van der Waals surface area contributed by atoms with Crippen LogP contribution in [0.1, 0.15) is 62.7 Å². The summed E-state index contributed by atoms with van der Waals surface area (Å²) in [4.78, 5) is 13.9. The number of nitrogens with one attached hydrogen (secondary N) is 1. The molecule has 5 heteroatoms. The molecule has 2 aliphatic carbocycles. The van der Waals surface area contributed by atoms with Crippen molar-refractivity contribution >= 4 is 29.7 Å². The highest BCUT2D eigenvalue weighted by molar-refractivity contribution is 7.10. The fourth-order valence-corrected chi connectivity index (χ4v) is 4.96. The second kappa shape index (κ2) is 7.33. The van der Waals surface area contributed by atoms with Crippen LogP contribution in [0.5, 0.6) is 0 Å². The van der Waals surface area contributed by atoms with Gasteiger partial charge < -0.3 is 11.1 Å². The van der Waals surface area contributed by atoms with Gasteiger partial charge in [-0.2, -0.15) is 0 Å². The monoisotopic (exact) mass is 342 g/mol. The molecule has 0 bridgehead atoms. The quantitative estimate of drug-likeness (QED) is 0.875. The zero-order valence-electron chi connectivity index (χ0n) is 13.1. The molecule has 3 rings (SSSR count). The van der Waals surface area contributed by atoms with E-state index < -0.39 is 5.54 Å². The molecular weight excluding hydrogens is 316 g/mol. The Labute approximate surface area is 143 Å². The van der Waals surface area contributed by atoms with Crippen LogP contribution in [0.15, 0.2) is 17.5 Å². The second-order valence-electron chi connectivity index (χ2n) is 6.86. The van der Waals surface area contributed by atoms with Crippen molar-refractivity contribution in [2.75, 3.05) is 6.54 Å². The summed E-state index contributed by atoms with van der Waals surface area (Å²) in [6.45, 7) is 0.755. The van der Waals surface area contributed by atoms with Gasteiger partial charge >= 0.3 is 0 Å². The van der Waals surface area contributed by atoms with Crippen molar-refractivity contribution in [3.8, 4) is 0 Å². The highest BCUT2D eigenvalue weighted by Gasteiger charge is 2.40. The SMILES string of the molecule is Cl.NC1(C(=O)NCC2(c3cccs3)CCCCC2)CCCC1. The van der Waals surface area contributed by atoms with Gasteiger partial charge in [-0.25, -0.2) is 0 Å². The van der Waals surface area contributed by atoms with E-state index in [1.54, 1.807) is 0 Å². The zero-order chi connectivity index (χ0) is 14.8. The molecule has 3 N–H and O–H groups in total. The van der Waals surface area contributed by atoms with Crippen LogP contribution in [0, 0.1) is 0 Å². The Kier molecular flexibility index (Phi) is 5.92. The van der Waals surface area contributed by atoms with Crippen LogP contribution in [0.2, 0.25) is 0 Å². The molecule has 0 radical (unpaired) electrons. The molecule has 0 aliphatic heterocycles. The number of nitrogens with two attached hydrogens (primary N) is 1. The number of hydrogen-bond acceptors (Lipinski definition) is 3. The van der Waals surface area contributed by atoms with E-state index in [0.717, 1.165) is 32.2 Å². The van der Waals surface area contributed by atoms with Crippen LogP contribution in [-0.2, 0) is 10.2 Å². The Morgan fingerprint density at radius 3 is 2.36 bits per heavy atom. The lowest BCUT2D eigenvalue weighted by atomic mass is 9.73. The molecule has 2 aliphatic rings. The summed E-state index contributed by atoms with van der Waals surface area (Å²) in [5, 5.41) is 5.35. The van der Waals surface area contributed by atoms with Crippen LogP contribution in [0.25, 0.3) is 0 Å². The third-order valence-corrected chi connectivity index (χ3v) is 6.51. The lowest BCUT2D eigenvalue weighted by Crippen LogP contribution is -2.54. The molecular formula is C17H27ClN2OS. The number of halogens is 1. The second-order valence-corrected chi connectivity index (χ2v) is 7.81. The predicted molar refractivity (Wildman–Crippen MR) is 94.7 cm³/mol. The van der Waals surface area contributed by atoms with Gasteiger partial charge in [-0.3, -0.25) is 4.79 Å². The van der Waals surface area contributed by atoms with E-state index in [4.69, 9.17) is 5.73 Å². The number of carbonyl (C=O) groups is 1. The minimum atomic E-state index is -0.606. The molecule has 1 aromatic heterocycles. The molecule has 0 aromatic carbocycles. The molecule has 1 aromatic rings. The first-order valence-electron chi connectivity index (χ1n) is 8.26. The van der Waals surface area contributed by atoms with E-state index in [-0.39, 0.29) is 23.7 Å². The smallest absolute Gasteiger partial charge is 0.240 e. The van der Waals surface area contributed by atoms with Crippen molar-refractivity contribution in [1.82, 2.24) is 5.32 Å². The normalized spacial score (nSPS) is 22.8. The lowest BCUT2D eigenvalue weighted by molar-refractivity contribution is -0.126. The van der Waals surface area contributed by atoms with Crippen LogP contribution < -0.4 is 11.1 Å². The Bertz CT molecular complexity index is 477. The molecule has 3 nitrogen and oxygen atoms in total. The van der Waals surface area contributed by atoms with E-state index >= 15 is 0 Å². The third kappa shape index (κ3) is 3.50. The fraction of sp³-hybridized carbons (Fsp3) is 0.706. The minimum absolute atomic E-state index is 0. The summed E-state index contributed by atoms with van der Waals surface area (Å²) < 4.78 is 0. The largest absolute Gasteiger partial charge is 0.354 e. The van der Waals surface area contributed by atoms with Gasteiger partial charge in [-0.1, -0.05) is 38.2 Å². The van der Waals surface area contributed by atoms with Gasteiger partial charge in [0.25, 0.3) is 0 Å². The average molecular weight is 343 g/mol. The van der Waals surface area contributed by atoms with Gasteiger partial charge in [0.15, 0.2) is 0 Å².